The van der Waals surface area contributed by atoms with E-state index in [9.17, 15) is 9.59 Å². The summed E-state index contributed by atoms with van der Waals surface area (Å²) in [6.07, 6.45) is 3.96. The van der Waals surface area contributed by atoms with E-state index in [4.69, 9.17) is 4.84 Å². The van der Waals surface area contributed by atoms with Crippen LogP contribution in [0.3, 0.4) is 0 Å². The second-order valence-corrected chi connectivity index (χ2v) is 8.37. The second kappa shape index (κ2) is 8.99. The SMILES string of the molecule is CONC(=O)c1ccc(C)c(-n2cnc3ccc(CN4CCC(C)CC4)cc3c2=O)c1. The minimum Gasteiger partial charge on any atom is -0.299 e. The lowest BCUT2D eigenvalue weighted by Crippen LogP contribution is -2.32. The molecule has 7 heteroatoms. The molecular weight excluding hydrogens is 392 g/mol. The second-order valence-electron chi connectivity index (χ2n) is 8.37. The molecule has 4 rings (SSSR count). The molecule has 1 fully saturated rings. The minimum atomic E-state index is -0.372. The Hall–Kier alpha value is -3.03. The number of hydroxylamine groups is 1. The normalized spacial score (nSPS) is 15.3. The maximum absolute atomic E-state index is 13.4. The fourth-order valence-electron chi connectivity index (χ4n) is 4.08. The van der Waals surface area contributed by atoms with Crippen LogP contribution in [0.15, 0.2) is 47.5 Å². The summed E-state index contributed by atoms with van der Waals surface area (Å²) in [5.41, 5.74) is 5.84. The Morgan fingerprint density at radius 1 is 1.19 bits per heavy atom. The van der Waals surface area contributed by atoms with Crippen molar-refractivity contribution in [2.45, 2.75) is 33.2 Å². The van der Waals surface area contributed by atoms with Gasteiger partial charge in [-0.05, 0) is 74.2 Å². The Morgan fingerprint density at radius 2 is 1.97 bits per heavy atom. The lowest BCUT2D eigenvalue weighted by Gasteiger charge is -2.30. The van der Waals surface area contributed by atoms with Gasteiger partial charge in [0, 0.05) is 12.1 Å². The van der Waals surface area contributed by atoms with E-state index in [1.165, 1.54) is 30.8 Å². The number of carbonyl (C=O) groups is 1. The fourth-order valence-corrected chi connectivity index (χ4v) is 4.08. The van der Waals surface area contributed by atoms with Crippen molar-refractivity contribution in [2.24, 2.45) is 5.92 Å². The molecule has 7 nitrogen and oxygen atoms in total. The first-order valence-corrected chi connectivity index (χ1v) is 10.6. The maximum Gasteiger partial charge on any atom is 0.274 e. The van der Waals surface area contributed by atoms with Crippen LogP contribution in [-0.2, 0) is 11.4 Å². The van der Waals surface area contributed by atoms with Gasteiger partial charge in [-0.1, -0.05) is 19.1 Å². The van der Waals surface area contributed by atoms with Crippen molar-refractivity contribution in [1.29, 1.82) is 0 Å². The molecule has 1 saturated heterocycles. The number of carbonyl (C=O) groups excluding carboxylic acids is 1. The summed E-state index contributed by atoms with van der Waals surface area (Å²) < 4.78 is 1.51. The molecule has 2 aromatic carbocycles. The van der Waals surface area contributed by atoms with Gasteiger partial charge in [0.1, 0.15) is 6.33 Å². The lowest BCUT2D eigenvalue weighted by molar-refractivity contribution is 0.0537. The quantitative estimate of drug-likeness (QED) is 0.642. The van der Waals surface area contributed by atoms with E-state index >= 15 is 0 Å². The molecule has 1 aliphatic rings. The van der Waals surface area contributed by atoms with Crippen LogP contribution < -0.4 is 11.0 Å². The monoisotopic (exact) mass is 420 g/mol. The van der Waals surface area contributed by atoms with E-state index in [1.54, 1.807) is 12.1 Å². The number of nitrogens with one attached hydrogen (secondary N) is 1. The van der Waals surface area contributed by atoms with Gasteiger partial charge >= 0.3 is 0 Å². The van der Waals surface area contributed by atoms with Gasteiger partial charge in [0.05, 0.1) is 23.7 Å². The smallest absolute Gasteiger partial charge is 0.274 e. The van der Waals surface area contributed by atoms with Gasteiger partial charge in [-0.15, -0.1) is 0 Å². The molecule has 1 N–H and O–H groups in total. The highest BCUT2D eigenvalue weighted by Gasteiger charge is 2.17. The fraction of sp³-hybridized carbons (Fsp3) is 0.375. The van der Waals surface area contributed by atoms with E-state index in [1.807, 2.05) is 25.1 Å². The van der Waals surface area contributed by atoms with Crippen molar-refractivity contribution in [3.63, 3.8) is 0 Å². The third-order valence-corrected chi connectivity index (χ3v) is 6.03. The molecule has 2 heterocycles. The summed E-state index contributed by atoms with van der Waals surface area (Å²) in [5.74, 6) is 0.415. The predicted molar refractivity (Wildman–Crippen MR) is 120 cm³/mol. The van der Waals surface area contributed by atoms with Gasteiger partial charge in [-0.2, -0.15) is 0 Å². The third-order valence-electron chi connectivity index (χ3n) is 6.03. The summed E-state index contributed by atoms with van der Waals surface area (Å²) in [7, 11) is 1.38. The van der Waals surface area contributed by atoms with Gasteiger partial charge in [0.25, 0.3) is 11.5 Å². The molecule has 162 valence electrons. The van der Waals surface area contributed by atoms with Gasteiger partial charge in [0.15, 0.2) is 0 Å². The number of fused-ring (bicyclic) bond motifs is 1. The van der Waals surface area contributed by atoms with Crippen LogP contribution in [0.1, 0.15) is 41.3 Å². The molecule has 31 heavy (non-hydrogen) atoms. The first kappa shape index (κ1) is 21.2. The van der Waals surface area contributed by atoms with Crippen molar-refractivity contribution >= 4 is 16.8 Å². The zero-order chi connectivity index (χ0) is 22.0. The van der Waals surface area contributed by atoms with E-state index in [0.29, 0.717) is 22.2 Å². The van der Waals surface area contributed by atoms with Crippen LogP contribution in [0.4, 0.5) is 0 Å². The van der Waals surface area contributed by atoms with Crippen molar-refractivity contribution < 1.29 is 9.63 Å². The van der Waals surface area contributed by atoms with Crippen LogP contribution in [0.25, 0.3) is 16.6 Å². The Kier molecular flexibility index (Phi) is 6.15. The highest BCUT2D eigenvalue weighted by molar-refractivity contribution is 5.94. The molecule has 0 bridgehead atoms. The number of piperidine rings is 1. The highest BCUT2D eigenvalue weighted by Crippen LogP contribution is 2.20. The van der Waals surface area contributed by atoms with Crippen LogP contribution >= 0.6 is 0 Å². The lowest BCUT2D eigenvalue weighted by atomic mass is 9.99. The Balaban J connectivity index is 1.70. The standard InChI is InChI=1S/C24H28N4O3/c1-16-8-10-27(11-9-16)14-18-5-7-21-20(12-18)24(30)28(15-25-21)22-13-19(6-4-17(22)2)23(29)26-31-3/h4-7,12-13,15-16H,8-11,14H2,1-3H3,(H,26,29). The summed E-state index contributed by atoms with van der Waals surface area (Å²) >= 11 is 0. The van der Waals surface area contributed by atoms with Crippen molar-refractivity contribution in [2.75, 3.05) is 20.2 Å². The third kappa shape index (κ3) is 4.52. The molecule has 1 amide bonds. The largest absolute Gasteiger partial charge is 0.299 e. The van der Waals surface area contributed by atoms with Gasteiger partial charge in [-0.3, -0.25) is 23.9 Å². The number of rotatable bonds is 5. The summed E-state index contributed by atoms with van der Waals surface area (Å²) in [6, 6.07) is 11.1. The van der Waals surface area contributed by atoms with E-state index in [-0.39, 0.29) is 11.5 Å². The maximum atomic E-state index is 13.4. The Morgan fingerprint density at radius 3 is 2.71 bits per heavy atom. The van der Waals surface area contributed by atoms with Gasteiger partial charge in [-0.25, -0.2) is 10.5 Å². The number of likely N-dealkylation sites (tertiary alicyclic amines) is 1. The highest BCUT2D eigenvalue weighted by atomic mass is 16.6. The Bertz CT molecular complexity index is 1160. The first-order chi connectivity index (χ1) is 15.0. The number of amides is 1. The molecule has 0 unspecified atom stereocenters. The molecule has 0 aliphatic carbocycles. The van der Waals surface area contributed by atoms with Crippen LogP contribution in [0.2, 0.25) is 0 Å². The molecule has 0 radical (unpaired) electrons. The summed E-state index contributed by atoms with van der Waals surface area (Å²) in [6.45, 7) is 7.22. The summed E-state index contributed by atoms with van der Waals surface area (Å²) in [4.78, 5) is 37.2. The van der Waals surface area contributed by atoms with E-state index < -0.39 is 0 Å². The average molecular weight is 421 g/mol. The number of aryl methyl sites for hydroxylation is 1. The molecule has 1 aliphatic heterocycles. The topological polar surface area (TPSA) is 76.5 Å². The van der Waals surface area contributed by atoms with Crippen molar-refractivity contribution in [3.8, 4) is 5.69 Å². The first-order valence-electron chi connectivity index (χ1n) is 10.6. The van der Waals surface area contributed by atoms with Gasteiger partial charge < -0.3 is 0 Å². The number of nitrogens with zero attached hydrogens (tertiary/aromatic N) is 3. The zero-order valence-corrected chi connectivity index (χ0v) is 18.2. The molecule has 0 saturated carbocycles. The van der Waals surface area contributed by atoms with Gasteiger partial charge in [0.2, 0.25) is 0 Å². The number of hydrogen-bond acceptors (Lipinski definition) is 5. The minimum absolute atomic E-state index is 0.147. The number of benzene rings is 2. The molecule has 0 atom stereocenters. The van der Waals surface area contributed by atoms with E-state index in [0.717, 1.165) is 36.7 Å². The molecule has 1 aromatic heterocycles. The van der Waals surface area contributed by atoms with Crippen LogP contribution in [0, 0.1) is 12.8 Å². The zero-order valence-electron chi connectivity index (χ0n) is 18.2. The number of hydrogen-bond donors (Lipinski definition) is 1. The van der Waals surface area contributed by atoms with Crippen LogP contribution in [0.5, 0.6) is 0 Å². The Labute approximate surface area is 181 Å². The molecular formula is C24H28N4O3. The summed E-state index contributed by atoms with van der Waals surface area (Å²) in [5, 5.41) is 0.580. The van der Waals surface area contributed by atoms with Crippen LogP contribution in [-0.4, -0.2) is 40.6 Å². The van der Waals surface area contributed by atoms with Crippen molar-refractivity contribution in [1.82, 2.24) is 19.9 Å². The molecule has 3 aromatic rings. The van der Waals surface area contributed by atoms with Crippen molar-refractivity contribution in [3.05, 3.63) is 69.8 Å². The predicted octanol–water partition coefficient (Wildman–Crippen LogP) is 3.22. The molecule has 0 spiro atoms. The van der Waals surface area contributed by atoms with E-state index in [2.05, 4.69) is 28.4 Å². The average Bonchev–Trinajstić information content (AvgIpc) is 2.77. The number of aromatic nitrogens is 2.